The molecule has 4 N–H and O–H groups in total. The number of hydrogen-bond donors (Lipinski definition) is 4. The molecule has 0 spiro atoms. The SMILES string of the molecule is C[C@H](NC(=O)[C@@]1(C)CC[C@]2(C)CC[C@]3(C)C(=CC(=O)[C@@H]4[C@@]5(C)CC[C@H](O)C(C)(C)[C@@H]5CC[C@]43C)[C@@H]2C1)C(=O)NC1CC(C)(C)N(O)C1(C)C. The number of hydroxylamine groups is 2. The maximum absolute atomic E-state index is 14.6. The van der Waals surface area contributed by atoms with E-state index in [1.165, 1.54) is 10.6 Å². The molecule has 0 aromatic carbocycles. The molecule has 6 rings (SSSR count). The molecule has 276 valence electrons. The lowest BCUT2D eigenvalue weighted by atomic mass is 9.33. The molecule has 0 radical (unpaired) electrons. The molecule has 8 heteroatoms. The molecule has 4 saturated carbocycles. The zero-order valence-corrected chi connectivity index (χ0v) is 32.7. The fourth-order valence-corrected chi connectivity index (χ4v) is 13.1. The number of aliphatic hydroxyl groups is 1. The molecule has 6 aliphatic rings. The highest BCUT2D eigenvalue weighted by Gasteiger charge is 2.70. The van der Waals surface area contributed by atoms with Gasteiger partial charge in [-0.2, -0.15) is 5.06 Å². The first-order valence-electron chi connectivity index (χ1n) is 19.3. The first-order valence-corrected chi connectivity index (χ1v) is 19.3. The van der Waals surface area contributed by atoms with Crippen molar-refractivity contribution in [3.8, 4) is 0 Å². The summed E-state index contributed by atoms with van der Waals surface area (Å²) in [7, 11) is 0. The summed E-state index contributed by atoms with van der Waals surface area (Å²) < 4.78 is 0. The van der Waals surface area contributed by atoms with Crippen LogP contribution in [0.3, 0.4) is 0 Å². The predicted molar refractivity (Wildman–Crippen MR) is 191 cm³/mol. The van der Waals surface area contributed by atoms with E-state index in [2.05, 4.69) is 65.2 Å². The Kier molecular flexibility index (Phi) is 8.40. The van der Waals surface area contributed by atoms with Crippen molar-refractivity contribution in [1.29, 1.82) is 0 Å². The third kappa shape index (κ3) is 5.10. The maximum Gasteiger partial charge on any atom is 0.242 e. The molecule has 1 unspecified atom stereocenters. The van der Waals surface area contributed by atoms with Crippen molar-refractivity contribution in [3.63, 3.8) is 0 Å². The Morgan fingerprint density at radius 2 is 1.51 bits per heavy atom. The molecule has 1 aliphatic heterocycles. The minimum absolute atomic E-state index is 0.0205. The molecule has 8 nitrogen and oxygen atoms in total. The number of nitrogens with one attached hydrogen (secondary N) is 2. The van der Waals surface area contributed by atoms with Crippen molar-refractivity contribution in [3.05, 3.63) is 11.6 Å². The Morgan fingerprint density at radius 3 is 2.12 bits per heavy atom. The quantitative estimate of drug-likeness (QED) is 0.255. The van der Waals surface area contributed by atoms with Crippen LogP contribution in [0.4, 0.5) is 0 Å². The van der Waals surface area contributed by atoms with Gasteiger partial charge in [0.1, 0.15) is 6.04 Å². The van der Waals surface area contributed by atoms with Crippen LogP contribution in [0, 0.1) is 50.2 Å². The van der Waals surface area contributed by atoms with Crippen molar-refractivity contribution >= 4 is 17.6 Å². The van der Waals surface area contributed by atoms with Gasteiger partial charge >= 0.3 is 0 Å². The van der Waals surface area contributed by atoms with E-state index < -0.39 is 22.5 Å². The van der Waals surface area contributed by atoms with Crippen molar-refractivity contribution < 1.29 is 24.7 Å². The number of fused-ring (bicyclic) bond motifs is 7. The van der Waals surface area contributed by atoms with Gasteiger partial charge in [0.25, 0.3) is 0 Å². The van der Waals surface area contributed by atoms with E-state index in [0.29, 0.717) is 18.8 Å². The highest BCUT2D eigenvalue weighted by atomic mass is 16.5. The standard InChI is InChI=1S/C41H67N3O5/c1-24(32(47)43-29-23-34(2,3)44(49)36(29,6)7)42-33(48)38(9)18-17-37(8)19-20-40(11)25(26(37)22-38)21-27(45)31-39(10)15-14-30(46)35(4,5)28(39)13-16-41(31,40)12/h21,24,26,28-31,46,49H,13-20,22-23H2,1-12H3,(H,42,48)(H,43,47)/t24-,26-,28-,29?,30-,31+,37+,38-,39-,40+,41+/m0/s1. The number of aliphatic hydroxyl groups excluding tert-OH is 1. The molecule has 2 amide bonds. The van der Waals surface area contributed by atoms with E-state index in [1.807, 2.05) is 27.7 Å². The van der Waals surface area contributed by atoms with E-state index >= 15 is 0 Å². The summed E-state index contributed by atoms with van der Waals surface area (Å²) in [6.45, 7) is 25.6. The van der Waals surface area contributed by atoms with Gasteiger partial charge in [-0.3, -0.25) is 14.4 Å². The summed E-state index contributed by atoms with van der Waals surface area (Å²) >= 11 is 0. The predicted octanol–water partition coefficient (Wildman–Crippen LogP) is 6.97. The first kappa shape index (κ1) is 37.0. The number of carbonyl (C=O) groups is 3. The largest absolute Gasteiger partial charge is 0.393 e. The lowest BCUT2D eigenvalue weighted by Gasteiger charge is -2.70. The second kappa shape index (κ2) is 11.1. The monoisotopic (exact) mass is 682 g/mol. The van der Waals surface area contributed by atoms with Gasteiger partial charge in [-0.15, -0.1) is 0 Å². The van der Waals surface area contributed by atoms with Gasteiger partial charge in [-0.25, -0.2) is 0 Å². The van der Waals surface area contributed by atoms with Gasteiger partial charge in [-0.05, 0) is 144 Å². The van der Waals surface area contributed by atoms with Crippen LogP contribution in [-0.2, 0) is 14.4 Å². The van der Waals surface area contributed by atoms with Gasteiger partial charge in [0, 0.05) is 16.9 Å². The fourth-order valence-electron chi connectivity index (χ4n) is 13.1. The minimum atomic E-state index is -0.717. The van der Waals surface area contributed by atoms with E-state index in [0.717, 1.165) is 51.4 Å². The lowest BCUT2D eigenvalue weighted by molar-refractivity contribution is -0.202. The number of nitrogens with zero attached hydrogens (tertiary/aromatic N) is 1. The van der Waals surface area contributed by atoms with Crippen molar-refractivity contribution in [2.75, 3.05) is 0 Å². The van der Waals surface area contributed by atoms with Crippen LogP contribution < -0.4 is 10.6 Å². The van der Waals surface area contributed by atoms with Crippen LogP contribution in [0.25, 0.3) is 0 Å². The van der Waals surface area contributed by atoms with Crippen LogP contribution in [0.5, 0.6) is 0 Å². The number of allylic oxidation sites excluding steroid dienone is 2. The number of rotatable bonds is 4. The van der Waals surface area contributed by atoms with Gasteiger partial charge in [-0.1, -0.05) is 54.0 Å². The second-order valence-corrected chi connectivity index (χ2v) is 20.9. The molecule has 11 atom stereocenters. The average molecular weight is 682 g/mol. The smallest absolute Gasteiger partial charge is 0.242 e. The highest BCUT2D eigenvalue weighted by Crippen LogP contribution is 2.75. The molecule has 0 aromatic heterocycles. The van der Waals surface area contributed by atoms with Crippen molar-refractivity contribution in [1.82, 2.24) is 15.7 Å². The Balaban J connectivity index is 1.24. The third-order valence-corrected chi connectivity index (χ3v) is 16.8. The van der Waals surface area contributed by atoms with Crippen LogP contribution in [0.1, 0.15) is 147 Å². The normalized spacial score (nSPS) is 47.4. The summed E-state index contributed by atoms with van der Waals surface area (Å²) in [5, 5.41) is 29.3. The van der Waals surface area contributed by atoms with Gasteiger partial charge < -0.3 is 20.9 Å². The molecule has 1 heterocycles. The first-order chi connectivity index (χ1) is 22.3. The number of ketones is 1. The zero-order valence-electron chi connectivity index (χ0n) is 32.7. The van der Waals surface area contributed by atoms with Crippen molar-refractivity contribution in [2.45, 2.75) is 177 Å². The summed E-state index contributed by atoms with van der Waals surface area (Å²) in [6, 6.07) is -0.974. The average Bonchev–Trinajstić information content (AvgIpc) is 3.15. The van der Waals surface area contributed by atoms with Gasteiger partial charge in [0.2, 0.25) is 11.8 Å². The molecule has 0 aromatic rings. The minimum Gasteiger partial charge on any atom is -0.393 e. The number of hydrogen-bond acceptors (Lipinski definition) is 6. The van der Waals surface area contributed by atoms with E-state index in [1.54, 1.807) is 6.92 Å². The molecule has 5 fully saturated rings. The fraction of sp³-hybridized carbons (Fsp3) is 0.878. The van der Waals surface area contributed by atoms with Gasteiger partial charge in [0.15, 0.2) is 5.78 Å². The zero-order chi connectivity index (χ0) is 36.5. The third-order valence-electron chi connectivity index (χ3n) is 16.8. The molecule has 49 heavy (non-hydrogen) atoms. The van der Waals surface area contributed by atoms with Crippen LogP contribution in [0.15, 0.2) is 11.6 Å². The van der Waals surface area contributed by atoms with E-state index in [-0.39, 0.29) is 68.7 Å². The Hall–Kier alpha value is -1.77. The molecular weight excluding hydrogens is 614 g/mol. The van der Waals surface area contributed by atoms with E-state index in [9.17, 15) is 24.7 Å². The molecule has 5 aliphatic carbocycles. The van der Waals surface area contributed by atoms with Crippen LogP contribution in [-0.4, -0.2) is 62.2 Å². The summed E-state index contributed by atoms with van der Waals surface area (Å²) in [6.07, 6.45) is 10.4. The maximum atomic E-state index is 14.6. The van der Waals surface area contributed by atoms with Crippen molar-refractivity contribution in [2.24, 2.45) is 50.2 Å². The van der Waals surface area contributed by atoms with Gasteiger partial charge in [0.05, 0.1) is 17.7 Å². The Bertz CT molecular complexity index is 1450. The Morgan fingerprint density at radius 1 is 0.878 bits per heavy atom. The molecule has 1 saturated heterocycles. The van der Waals surface area contributed by atoms with Crippen LogP contribution in [0.2, 0.25) is 0 Å². The summed E-state index contributed by atoms with van der Waals surface area (Å²) in [5.41, 5.74) is -1.19. The molecule has 0 bridgehead atoms. The van der Waals surface area contributed by atoms with Crippen LogP contribution >= 0.6 is 0 Å². The highest BCUT2D eigenvalue weighted by molar-refractivity contribution is 5.96. The van der Waals surface area contributed by atoms with E-state index in [4.69, 9.17) is 0 Å². The number of amides is 2. The Labute approximate surface area is 295 Å². The number of carbonyl (C=O) groups excluding carboxylic acids is 3. The summed E-state index contributed by atoms with van der Waals surface area (Å²) in [4.78, 5) is 42.3. The summed E-state index contributed by atoms with van der Waals surface area (Å²) in [5.74, 6) is 0.271. The molecular formula is C41H67N3O5. The second-order valence-electron chi connectivity index (χ2n) is 20.9. The topological polar surface area (TPSA) is 119 Å². The lowest BCUT2D eigenvalue weighted by Crippen LogP contribution is -2.66.